The lowest BCUT2D eigenvalue weighted by Crippen LogP contribution is -2.11. The summed E-state index contributed by atoms with van der Waals surface area (Å²) in [5.41, 5.74) is 2.79. The fourth-order valence-corrected chi connectivity index (χ4v) is 4.00. The van der Waals surface area contributed by atoms with E-state index >= 15 is 0 Å². The highest BCUT2D eigenvalue weighted by Gasteiger charge is 2.11. The largest absolute Gasteiger partial charge is 0.421 e. The molecule has 1 N–H and O–H groups in total. The van der Waals surface area contributed by atoms with Crippen molar-refractivity contribution in [1.82, 2.24) is 15.2 Å². The van der Waals surface area contributed by atoms with Crippen LogP contribution >= 0.6 is 23.1 Å². The van der Waals surface area contributed by atoms with Crippen molar-refractivity contribution in [3.8, 4) is 22.7 Å². The Labute approximate surface area is 182 Å². The van der Waals surface area contributed by atoms with Crippen LogP contribution in [0.25, 0.3) is 22.7 Å². The first-order chi connectivity index (χ1) is 14.7. The van der Waals surface area contributed by atoms with E-state index in [0.717, 1.165) is 16.8 Å². The van der Waals surface area contributed by atoms with Gasteiger partial charge in [-0.3, -0.25) is 4.79 Å². The smallest absolute Gasteiger partial charge is 0.247 e. The van der Waals surface area contributed by atoms with Crippen molar-refractivity contribution in [3.05, 3.63) is 65.9 Å². The second-order valence-corrected chi connectivity index (χ2v) is 8.27. The number of benzene rings is 2. The Morgan fingerprint density at radius 1 is 1.07 bits per heavy atom. The summed E-state index contributed by atoms with van der Waals surface area (Å²) in [5.74, 6) is 0.958. The molecule has 0 aliphatic rings. The van der Waals surface area contributed by atoms with E-state index in [2.05, 4.69) is 32.6 Å². The zero-order chi connectivity index (χ0) is 20.8. The molecule has 0 atom stereocenters. The number of aryl methyl sites for hydroxylation is 1. The highest BCUT2D eigenvalue weighted by molar-refractivity contribution is 7.98. The van der Waals surface area contributed by atoms with Gasteiger partial charge >= 0.3 is 0 Å². The molecule has 0 unspecified atom stereocenters. The van der Waals surface area contributed by atoms with Gasteiger partial charge in [0.2, 0.25) is 17.7 Å². The fraction of sp³-hybridized carbons (Fsp3) is 0.182. The topological polar surface area (TPSA) is 80.9 Å². The molecule has 0 bridgehead atoms. The van der Waals surface area contributed by atoms with E-state index in [-0.39, 0.29) is 5.91 Å². The number of thiazole rings is 1. The van der Waals surface area contributed by atoms with Crippen molar-refractivity contribution in [2.75, 3.05) is 11.6 Å². The number of anilines is 1. The van der Waals surface area contributed by atoms with Crippen LogP contribution in [0.3, 0.4) is 0 Å². The molecule has 0 saturated heterocycles. The molecule has 0 fully saturated rings. The van der Waals surface area contributed by atoms with Crippen molar-refractivity contribution in [1.29, 1.82) is 0 Å². The Hall–Kier alpha value is -2.97. The minimum Gasteiger partial charge on any atom is -0.421 e. The molecule has 0 aliphatic carbocycles. The Bertz CT molecular complexity index is 1110. The SMILES string of the molecule is CSc1ccc(-c2csc(NC(=O)CCCc3nnc(-c4ccccc4)o3)n2)cc1. The molecule has 30 heavy (non-hydrogen) atoms. The third kappa shape index (κ3) is 5.14. The maximum Gasteiger partial charge on any atom is 0.247 e. The van der Waals surface area contributed by atoms with E-state index in [0.29, 0.717) is 36.2 Å². The molecular formula is C22H20N4O2S2. The number of rotatable bonds is 8. The van der Waals surface area contributed by atoms with Gasteiger partial charge in [0.1, 0.15) is 0 Å². The van der Waals surface area contributed by atoms with Gasteiger partial charge in [-0.2, -0.15) is 0 Å². The normalized spacial score (nSPS) is 10.8. The summed E-state index contributed by atoms with van der Waals surface area (Å²) in [4.78, 5) is 18.0. The zero-order valence-corrected chi connectivity index (χ0v) is 18.0. The first-order valence-electron chi connectivity index (χ1n) is 9.49. The van der Waals surface area contributed by atoms with Gasteiger partial charge in [-0.15, -0.1) is 33.3 Å². The average Bonchev–Trinajstić information content (AvgIpc) is 3.44. The highest BCUT2D eigenvalue weighted by atomic mass is 32.2. The second kappa shape index (κ2) is 9.69. The van der Waals surface area contributed by atoms with Crippen molar-refractivity contribution in [2.45, 2.75) is 24.2 Å². The standard InChI is InChI=1S/C22H20N4O2S2/c1-29-17-12-10-15(11-13-17)18-14-30-22(23-18)24-19(27)8-5-9-20-25-26-21(28-20)16-6-3-2-4-7-16/h2-4,6-7,10-14H,5,8-9H2,1H3,(H,23,24,27). The fourth-order valence-electron chi connectivity index (χ4n) is 2.86. The summed E-state index contributed by atoms with van der Waals surface area (Å²) in [7, 11) is 0. The second-order valence-electron chi connectivity index (χ2n) is 6.54. The van der Waals surface area contributed by atoms with Gasteiger partial charge in [0, 0.05) is 34.2 Å². The lowest BCUT2D eigenvalue weighted by molar-refractivity contribution is -0.116. The summed E-state index contributed by atoms with van der Waals surface area (Å²) >= 11 is 3.13. The van der Waals surface area contributed by atoms with Gasteiger partial charge in [0.05, 0.1) is 5.69 Å². The molecule has 2 aromatic heterocycles. The van der Waals surface area contributed by atoms with E-state index in [1.165, 1.54) is 16.2 Å². The van der Waals surface area contributed by atoms with Gasteiger partial charge in [-0.1, -0.05) is 30.3 Å². The van der Waals surface area contributed by atoms with Crippen LogP contribution in [-0.2, 0) is 11.2 Å². The monoisotopic (exact) mass is 436 g/mol. The summed E-state index contributed by atoms with van der Waals surface area (Å²) in [5, 5.41) is 13.6. The van der Waals surface area contributed by atoms with E-state index in [1.807, 2.05) is 54.1 Å². The predicted molar refractivity (Wildman–Crippen MR) is 121 cm³/mol. The van der Waals surface area contributed by atoms with Crippen LogP contribution in [0.2, 0.25) is 0 Å². The van der Waals surface area contributed by atoms with Crippen LogP contribution in [0.5, 0.6) is 0 Å². The van der Waals surface area contributed by atoms with Gasteiger partial charge < -0.3 is 9.73 Å². The molecule has 2 heterocycles. The number of carbonyl (C=O) groups excluding carboxylic acids is 1. The van der Waals surface area contributed by atoms with E-state index in [1.54, 1.807) is 11.8 Å². The molecule has 4 rings (SSSR count). The lowest BCUT2D eigenvalue weighted by Gasteiger charge is -2.01. The minimum atomic E-state index is -0.0728. The molecular weight excluding hydrogens is 416 g/mol. The van der Waals surface area contributed by atoms with Crippen LogP contribution in [-0.4, -0.2) is 27.3 Å². The van der Waals surface area contributed by atoms with Crippen LogP contribution in [0, 0.1) is 0 Å². The summed E-state index contributed by atoms with van der Waals surface area (Å²) in [6.45, 7) is 0. The number of hydrogen-bond acceptors (Lipinski definition) is 7. The number of aromatic nitrogens is 3. The predicted octanol–water partition coefficient (Wildman–Crippen LogP) is 5.54. The number of amides is 1. The Balaban J connectivity index is 1.26. The lowest BCUT2D eigenvalue weighted by atomic mass is 10.2. The zero-order valence-electron chi connectivity index (χ0n) is 16.4. The van der Waals surface area contributed by atoms with Crippen LogP contribution in [0.15, 0.2) is 69.3 Å². The summed E-state index contributed by atoms with van der Waals surface area (Å²) in [6, 6.07) is 17.8. The molecule has 2 aromatic carbocycles. The van der Waals surface area contributed by atoms with Crippen LogP contribution in [0.4, 0.5) is 5.13 Å². The van der Waals surface area contributed by atoms with Gasteiger partial charge in [0.15, 0.2) is 5.13 Å². The van der Waals surface area contributed by atoms with Gasteiger partial charge in [0.25, 0.3) is 0 Å². The molecule has 0 radical (unpaired) electrons. The van der Waals surface area contributed by atoms with Gasteiger partial charge in [-0.05, 0) is 36.9 Å². The number of nitrogens with one attached hydrogen (secondary N) is 1. The van der Waals surface area contributed by atoms with E-state index in [4.69, 9.17) is 4.42 Å². The maximum atomic E-state index is 12.2. The quantitative estimate of drug-likeness (QED) is 0.365. The first kappa shape index (κ1) is 20.3. The molecule has 0 aliphatic heterocycles. The van der Waals surface area contributed by atoms with Crippen molar-refractivity contribution >= 4 is 34.1 Å². The Morgan fingerprint density at radius 2 is 1.87 bits per heavy atom. The number of carbonyl (C=O) groups is 1. The first-order valence-corrected chi connectivity index (χ1v) is 11.6. The molecule has 4 aromatic rings. The number of hydrogen-bond donors (Lipinski definition) is 1. The maximum absolute atomic E-state index is 12.2. The molecule has 6 nitrogen and oxygen atoms in total. The summed E-state index contributed by atoms with van der Waals surface area (Å²) in [6.07, 6.45) is 3.58. The third-order valence-corrected chi connectivity index (χ3v) is 5.92. The number of thioether (sulfide) groups is 1. The van der Waals surface area contributed by atoms with Crippen LogP contribution < -0.4 is 5.32 Å². The van der Waals surface area contributed by atoms with Gasteiger partial charge in [-0.25, -0.2) is 4.98 Å². The van der Waals surface area contributed by atoms with Crippen molar-refractivity contribution in [2.24, 2.45) is 0 Å². The van der Waals surface area contributed by atoms with Crippen molar-refractivity contribution < 1.29 is 9.21 Å². The van der Waals surface area contributed by atoms with E-state index in [9.17, 15) is 4.79 Å². The Kier molecular flexibility index (Phi) is 6.56. The molecule has 0 spiro atoms. The van der Waals surface area contributed by atoms with Crippen molar-refractivity contribution in [3.63, 3.8) is 0 Å². The Morgan fingerprint density at radius 3 is 2.63 bits per heavy atom. The third-order valence-electron chi connectivity index (χ3n) is 4.42. The van der Waals surface area contributed by atoms with E-state index < -0.39 is 0 Å². The summed E-state index contributed by atoms with van der Waals surface area (Å²) < 4.78 is 5.67. The highest BCUT2D eigenvalue weighted by Crippen LogP contribution is 2.27. The minimum absolute atomic E-state index is 0.0728. The average molecular weight is 437 g/mol. The molecule has 1 amide bonds. The molecule has 152 valence electrons. The molecule has 8 heteroatoms. The number of nitrogens with zero attached hydrogens (tertiary/aromatic N) is 3. The molecule has 0 saturated carbocycles. The van der Waals surface area contributed by atoms with Crippen LogP contribution in [0.1, 0.15) is 18.7 Å².